The molecule has 3 aromatic rings. The van der Waals surface area contributed by atoms with Gasteiger partial charge in [0.1, 0.15) is 6.33 Å². The Kier molecular flexibility index (Phi) is 3.31. The van der Waals surface area contributed by atoms with E-state index in [9.17, 15) is 0 Å². The molecule has 2 aromatic carbocycles. The Hall–Kier alpha value is -2.33. The summed E-state index contributed by atoms with van der Waals surface area (Å²) >= 11 is 6.40. The van der Waals surface area contributed by atoms with E-state index in [4.69, 9.17) is 11.6 Å². The van der Waals surface area contributed by atoms with Gasteiger partial charge in [0.2, 0.25) is 5.95 Å². The molecule has 0 bridgehead atoms. The van der Waals surface area contributed by atoms with Crippen molar-refractivity contribution in [2.45, 2.75) is 18.5 Å². The van der Waals surface area contributed by atoms with Crippen LogP contribution in [0, 0.1) is 0 Å². The fourth-order valence-corrected chi connectivity index (χ4v) is 3.29. The molecular formula is C17H15ClN4. The average Bonchev–Trinajstić information content (AvgIpc) is 3.04. The van der Waals surface area contributed by atoms with Crippen LogP contribution in [0.25, 0.3) is 0 Å². The summed E-state index contributed by atoms with van der Waals surface area (Å²) in [6, 6.07) is 18.6. The van der Waals surface area contributed by atoms with E-state index in [2.05, 4.69) is 45.7 Å². The summed E-state index contributed by atoms with van der Waals surface area (Å²) in [6.45, 7) is 0. The molecule has 1 aliphatic rings. The fraction of sp³-hybridized carbons (Fsp3) is 0.176. The molecule has 0 unspecified atom stereocenters. The van der Waals surface area contributed by atoms with E-state index < -0.39 is 0 Å². The van der Waals surface area contributed by atoms with E-state index in [0.717, 1.165) is 23.0 Å². The maximum Gasteiger partial charge on any atom is 0.222 e. The van der Waals surface area contributed by atoms with Crippen molar-refractivity contribution in [2.75, 3.05) is 5.32 Å². The fourth-order valence-electron chi connectivity index (χ4n) is 3.03. The third kappa shape index (κ3) is 2.25. The Morgan fingerprint density at radius 3 is 2.64 bits per heavy atom. The van der Waals surface area contributed by atoms with Crippen LogP contribution in [0.4, 0.5) is 5.95 Å². The second-order valence-electron chi connectivity index (χ2n) is 5.41. The molecule has 0 radical (unpaired) electrons. The molecule has 1 aliphatic heterocycles. The van der Waals surface area contributed by atoms with Gasteiger partial charge in [0.05, 0.1) is 12.1 Å². The lowest BCUT2D eigenvalue weighted by molar-refractivity contribution is 0.431. The van der Waals surface area contributed by atoms with Crippen molar-refractivity contribution in [3.63, 3.8) is 0 Å². The molecule has 0 aliphatic carbocycles. The van der Waals surface area contributed by atoms with Crippen molar-refractivity contribution < 1.29 is 0 Å². The van der Waals surface area contributed by atoms with Gasteiger partial charge in [-0.25, -0.2) is 4.68 Å². The lowest BCUT2D eigenvalue weighted by atomic mass is 9.93. The first-order chi connectivity index (χ1) is 10.8. The molecule has 1 aromatic heterocycles. The zero-order valence-corrected chi connectivity index (χ0v) is 12.6. The molecule has 1 N–H and O–H groups in total. The molecule has 2 heterocycles. The summed E-state index contributed by atoms with van der Waals surface area (Å²) in [5.74, 6) is 0.782. The van der Waals surface area contributed by atoms with Gasteiger partial charge in [0, 0.05) is 5.02 Å². The van der Waals surface area contributed by atoms with Crippen molar-refractivity contribution >= 4 is 17.5 Å². The van der Waals surface area contributed by atoms with E-state index in [1.165, 1.54) is 5.56 Å². The van der Waals surface area contributed by atoms with Crippen LogP contribution in [0.15, 0.2) is 60.9 Å². The van der Waals surface area contributed by atoms with Crippen LogP contribution >= 0.6 is 11.6 Å². The molecule has 0 spiro atoms. The second kappa shape index (κ2) is 5.46. The van der Waals surface area contributed by atoms with Crippen LogP contribution in [0.2, 0.25) is 5.02 Å². The molecule has 110 valence electrons. The minimum absolute atomic E-state index is 0.0812. The van der Waals surface area contributed by atoms with Gasteiger partial charge in [-0.2, -0.15) is 10.1 Å². The van der Waals surface area contributed by atoms with Gasteiger partial charge in [0.25, 0.3) is 0 Å². The molecule has 4 nitrogen and oxygen atoms in total. The van der Waals surface area contributed by atoms with Gasteiger partial charge < -0.3 is 5.32 Å². The maximum absolute atomic E-state index is 6.40. The Morgan fingerprint density at radius 1 is 1.05 bits per heavy atom. The number of benzene rings is 2. The Bertz CT molecular complexity index is 784. The molecular weight excluding hydrogens is 296 g/mol. The highest BCUT2D eigenvalue weighted by atomic mass is 35.5. The van der Waals surface area contributed by atoms with Crippen LogP contribution in [0.3, 0.4) is 0 Å². The highest BCUT2D eigenvalue weighted by Gasteiger charge is 2.30. The monoisotopic (exact) mass is 310 g/mol. The number of hydrogen-bond acceptors (Lipinski definition) is 3. The number of fused-ring (bicyclic) bond motifs is 1. The first-order valence-corrected chi connectivity index (χ1v) is 7.66. The quantitative estimate of drug-likeness (QED) is 0.775. The van der Waals surface area contributed by atoms with Gasteiger partial charge in [-0.3, -0.25) is 0 Å². The predicted molar refractivity (Wildman–Crippen MR) is 87.0 cm³/mol. The highest BCUT2D eigenvalue weighted by Crippen LogP contribution is 2.39. The van der Waals surface area contributed by atoms with E-state index in [-0.39, 0.29) is 12.1 Å². The molecule has 0 saturated carbocycles. The molecule has 22 heavy (non-hydrogen) atoms. The Morgan fingerprint density at radius 2 is 1.82 bits per heavy atom. The standard InChI is InChI=1S/C17H15ClN4/c18-14-9-5-4-8-13(14)16-10-15(12-6-2-1-3-7-12)21-17-19-11-20-22(16)17/h1-9,11,15-16H,10H2,(H,19,20,21)/t15-,16+/m1/s1. The Balaban J connectivity index is 1.77. The first kappa shape index (κ1) is 13.3. The predicted octanol–water partition coefficient (Wildman–Crippen LogP) is 4.08. The number of hydrogen-bond donors (Lipinski definition) is 1. The lowest BCUT2D eigenvalue weighted by Crippen LogP contribution is -2.28. The largest absolute Gasteiger partial charge is 0.348 e. The summed E-state index contributed by atoms with van der Waals surface area (Å²) < 4.78 is 1.92. The van der Waals surface area contributed by atoms with E-state index in [0.29, 0.717) is 0 Å². The van der Waals surface area contributed by atoms with Crippen LogP contribution < -0.4 is 5.32 Å². The molecule has 5 heteroatoms. The van der Waals surface area contributed by atoms with Crippen LogP contribution in [-0.2, 0) is 0 Å². The van der Waals surface area contributed by atoms with E-state index in [1.54, 1.807) is 6.33 Å². The second-order valence-corrected chi connectivity index (χ2v) is 5.82. The van der Waals surface area contributed by atoms with Crippen molar-refractivity contribution in [1.82, 2.24) is 14.8 Å². The lowest BCUT2D eigenvalue weighted by Gasteiger charge is -2.32. The molecule has 4 rings (SSSR count). The minimum atomic E-state index is 0.0812. The van der Waals surface area contributed by atoms with Gasteiger partial charge >= 0.3 is 0 Å². The normalized spacial score (nSPS) is 20.2. The number of nitrogens with one attached hydrogen (secondary N) is 1. The molecule has 0 fully saturated rings. The zero-order chi connectivity index (χ0) is 14.9. The van der Waals surface area contributed by atoms with Gasteiger partial charge in [-0.05, 0) is 23.6 Å². The van der Waals surface area contributed by atoms with Crippen LogP contribution in [-0.4, -0.2) is 14.8 Å². The summed E-state index contributed by atoms with van der Waals surface area (Å²) in [4.78, 5) is 4.34. The van der Waals surface area contributed by atoms with Crippen LogP contribution in [0.5, 0.6) is 0 Å². The summed E-state index contributed by atoms with van der Waals surface area (Å²) in [6.07, 6.45) is 2.46. The smallest absolute Gasteiger partial charge is 0.222 e. The molecule has 0 saturated heterocycles. The Labute approximate surface area is 133 Å². The van der Waals surface area contributed by atoms with Crippen LogP contribution in [0.1, 0.15) is 29.6 Å². The zero-order valence-electron chi connectivity index (χ0n) is 11.9. The van der Waals surface area contributed by atoms with Crippen molar-refractivity contribution in [3.8, 4) is 0 Å². The number of anilines is 1. The van der Waals surface area contributed by atoms with E-state index >= 15 is 0 Å². The topological polar surface area (TPSA) is 42.7 Å². The summed E-state index contributed by atoms with van der Waals surface area (Å²) in [5, 5.41) is 8.59. The molecule has 2 atom stereocenters. The first-order valence-electron chi connectivity index (χ1n) is 7.28. The minimum Gasteiger partial charge on any atom is -0.348 e. The third-order valence-electron chi connectivity index (χ3n) is 4.10. The van der Waals surface area contributed by atoms with E-state index in [1.807, 2.05) is 28.9 Å². The molecule has 0 amide bonds. The summed E-state index contributed by atoms with van der Waals surface area (Å²) in [7, 11) is 0. The highest BCUT2D eigenvalue weighted by molar-refractivity contribution is 6.31. The van der Waals surface area contributed by atoms with Crippen molar-refractivity contribution in [3.05, 3.63) is 77.1 Å². The van der Waals surface area contributed by atoms with Crippen molar-refractivity contribution in [2.24, 2.45) is 0 Å². The number of halogens is 1. The third-order valence-corrected chi connectivity index (χ3v) is 4.44. The SMILES string of the molecule is Clc1ccccc1[C@@H]1C[C@H](c2ccccc2)Nc2ncnn21. The van der Waals surface area contributed by atoms with Gasteiger partial charge in [-0.15, -0.1) is 0 Å². The number of nitrogens with zero attached hydrogens (tertiary/aromatic N) is 3. The van der Waals surface area contributed by atoms with Gasteiger partial charge in [-0.1, -0.05) is 60.1 Å². The number of aromatic nitrogens is 3. The van der Waals surface area contributed by atoms with Crippen molar-refractivity contribution in [1.29, 1.82) is 0 Å². The number of rotatable bonds is 2. The summed E-state index contributed by atoms with van der Waals surface area (Å²) in [5.41, 5.74) is 2.33. The maximum atomic E-state index is 6.40. The van der Waals surface area contributed by atoms with Gasteiger partial charge in [0.15, 0.2) is 0 Å². The average molecular weight is 311 g/mol.